The predicted molar refractivity (Wildman–Crippen MR) is 28.0 cm³/mol. The molecule has 28 valence electrons. The van der Waals surface area contributed by atoms with Crippen molar-refractivity contribution in [3.63, 3.8) is 0 Å². The van der Waals surface area contributed by atoms with E-state index in [-0.39, 0.29) is 0 Å². The minimum absolute atomic E-state index is 1.02. The SMILES string of the molecule is CCC#C[SiH3]. The third kappa shape index (κ3) is 3.78. The minimum Gasteiger partial charge on any atom is -0.144 e. The van der Waals surface area contributed by atoms with Crippen LogP contribution in [0.4, 0.5) is 0 Å². The number of hydrogen-bond donors (Lipinski definition) is 0. The summed E-state index contributed by atoms with van der Waals surface area (Å²) in [7, 11) is 1.04. The second-order valence-electron chi connectivity index (χ2n) is 0.780. The molecule has 0 aliphatic carbocycles. The third-order valence-corrected chi connectivity index (χ3v) is 0.707. The molecule has 0 saturated carbocycles. The molecule has 0 nitrogen and oxygen atoms in total. The topological polar surface area (TPSA) is 0 Å². The first-order valence-corrected chi connectivity index (χ1v) is 2.81. The van der Waals surface area contributed by atoms with Crippen LogP contribution in [-0.4, -0.2) is 10.2 Å². The van der Waals surface area contributed by atoms with Gasteiger partial charge in [0.25, 0.3) is 0 Å². The molecule has 0 aliphatic heterocycles. The maximum atomic E-state index is 2.92. The zero-order valence-corrected chi connectivity index (χ0v) is 5.71. The first kappa shape index (κ1) is 4.78. The van der Waals surface area contributed by atoms with E-state index in [9.17, 15) is 0 Å². The quantitative estimate of drug-likeness (QED) is 0.280. The third-order valence-electron chi connectivity index (χ3n) is 0.354. The lowest BCUT2D eigenvalue weighted by Gasteiger charge is -1.58. The highest BCUT2D eigenvalue weighted by molar-refractivity contribution is 6.22. The highest BCUT2D eigenvalue weighted by Crippen LogP contribution is 1.60. The molecule has 0 aromatic rings. The van der Waals surface area contributed by atoms with Gasteiger partial charge in [-0.05, 0) is 0 Å². The van der Waals surface area contributed by atoms with Crippen LogP contribution in [0.3, 0.4) is 0 Å². The Kier molecular flexibility index (Phi) is 3.61. The molecule has 0 unspecified atom stereocenters. The molecule has 0 heterocycles. The zero-order valence-electron chi connectivity index (χ0n) is 3.71. The highest BCUT2D eigenvalue weighted by Gasteiger charge is 1.48. The Hall–Kier alpha value is -0.223. The van der Waals surface area contributed by atoms with Gasteiger partial charge < -0.3 is 0 Å². The van der Waals surface area contributed by atoms with Gasteiger partial charge in [-0.1, -0.05) is 6.92 Å². The predicted octanol–water partition coefficient (Wildman–Crippen LogP) is -0.277. The molecule has 0 atom stereocenters. The summed E-state index contributed by atoms with van der Waals surface area (Å²) in [5.41, 5.74) is 2.91. The standard InChI is InChI=1S/C4H8Si/c1-2-3-4-5/h2H2,1,5H3. The fraction of sp³-hybridized carbons (Fsp3) is 0.500. The van der Waals surface area contributed by atoms with Gasteiger partial charge in [0.15, 0.2) is 0 Å². The minimum atomic E-state index is 1.02. The van der Waals surface area contributed by atoms with E-state index in [0.717, 1.165) is 16.7 Å². The molecule has 0 aromatic carbocycles. The molecule has 0 bridgehead atoms. The van der Waals surface area contributed by atoms with Crippen molar-refractivity contribution in [3.8, 4) is 11.5 Å². The second kappa shape index (κ2) is 3.78. The van der Waals surface area contributed by atoms with Crippen molar-refractivity contribution < 1.29 is 0 Å². The molecule has 0 aliphatic rings. The van der Waals surface area contributed by atoms with Crippen molar-refractivity contribution in [2.24, 2.45) is 0 Å². The van der Waals surface area contributed by atoms with E-state index < -0.39 is 0 Å². The summed E-state index contributed by atoms with van der Waals surface area (Å²) in [6.45, 7) is 2.06. The normalized spacial score (nSPS) is 5.80. The van der Waals surface area contributed by atoms with E-state index in [1.165, 1.54) is 0 Å². The molecule has 0 fully saturated rings. The largest absolute Gasteiger partial charge is 0.144 e. The summed E-state index contributed by atoms with van der Waals surface area (Å²) in [4.78, 5) is 0. The van der Waals surface area contributed by atoms with Crippen molar-refractivity contribution in [2.45, 2.75) is 13.3 Å². The lowest BCUT2D eigenvalue weighted by molar-refractivity contribution is 1.28. The molecule has 1 heteroatoms. The summed E-state index contributed by atoms with van der Waals surface area (Å²) in [6, 6.07) is 0. The first-order chi connectivity index (χ1) is 2.41. The molecule has 0 amide bonds. The van der Waals surface area contributed by atoms with Crippen molar-refractivity contribution in [1.29, 1.82) is 0 Å². The fourth-order valence-corrected chi connectivity index (χ4v) is 0.530. The Morgan fingerprint density at radius 3 is 2.40 bits per heavy atom. The van der Waals surface area contributed by atoms with Gasteiger partial charge in [-0.25, -0.2) is 0 Å². The van der Waals surface area contributed by atoms with Crippen molar-refractivity contribution >= 4 is 10.2 Å². The molecular formula is C4H8Si. The summed E-state index contributed by atoms with van der Waals surface area (Å²) < 4.78 is 0. The van der Waals surface area contributed by atoms with Crippen LogP contribution in [0.25, 0.3) is 0 Å². The molecule has 0 spiro atoms. The fourth-order valence-electron chi connectivity index (χ4n) is 0.177. The molecule has 5 heavy (non-hydrogen) atoms. The Morgan fingerprint density at radius 2 is 2.40 bits per heavy atom. The van der Waals surface area contributed by atoms with Gasteiger partial charge in [0, 0.05) is 6.42 Å². The van der Waals surface area contributed by atoms with Crippen molar-refractivity contribution in [1.82, 2.24) is 0 Å². The van der Waals surface area contributed by atoms with E-state index in [4.69, 9.17) is 0 Å². The molecule has 0 rings (SSSR count). The van der Waals surface area contributed by atoms with E-state index in [1.807, 2.05) is 0 Å². The van der Waals surface area contributed by atoms with Gasteiger partial charge in [-0.2, -0.15) is 0 Å². The van der Waals surface area contributed by atoms with Crippen LogP contribution in [0.2, 0.25) is 0 Å². The van der Waals surface area contributed by atoms with E-state index in [2.05, 4.69) is 18.4 Å². The van der Waals surface area contributed by atoms with E-state index in [0.29, 0.717) is 0 Å². The molecule has 0 N–H and O–H groups in total. The molecular weight excluding hydrogens is 76.1 g/mol. The van der Waals surface area contributed by atoms with Gasteiger partial charge in [-0.3, -0.25) is 0 Å². The number of rotatable bonds is 0. The van der Waals surface area contributed by atoms with Crippen LogP contribution in [0.15, 0.2) is 0 Å². The van der Waals surface area contributed by atoms with Crippen molar-refractivity contribution in [3.05, 3.63) is 0 Å². The number of hydrogen-bond acceptors (Lipinski definition) is 0. The van der Waals surface area contributed by atoms with Crippen LogP contribution >= 0.6 is 0 Å². The van der Waals surface area contributed by atoms with Crippen LogP contribution in [0, 0.1) is 11.5 Å². The molecule has 0 radical (unpaired) electrons. The van der Waals surface area contributed by atoms with E-state index in [1.54, 1.807) is 0 Å². The average molecular weight is 84.2 g/mol. The lowest BCUT2D eigenvalue weighted by Crippen LogP contribution is -1.50. The van der Waals surface area contributed by atoms with Crippen LogP contribution in [0.1, 0.15) is 13.3 Å². The monoisotopic (exact) mass is 84.0 g/mol. The Labute approximate surface area is 36.0 Å². The molecule has 0 saturated heterocycles. The summed E-state index contributed by atoms with van der Waals surface area (Å²) >= 11 is 0. The van der Waals surface area contributed by atoms with Crippen LogP contribution in [-0.2, 0) is 0 Å². The lowest BCUT2D eigenvalue weighted by atomic mass is 10.5. The van der Waals surface area contributed by atoms with Crippen LogP contribution < -0.4 is 0 Å². The summed E-state index contributed by atoms with van der Waals surface area (Å²) in [6.07, 6.45) is 1.02. The van der Waals surface area contributed by atoms with Gasteiger partial charge >= 0.3 is 0 Å². The van der Waals surface area contributed by atoms with Gasteiger partial charge in [-0.15, -0.1) is 11.5 Å². The van der Waals surface area contributed by atoms with Gasteiger partial charge in [0.1, 0.15) is 0 Å². The highest BCUT2D eigenvalue weighted by atomic mass is 28.1. The Bertz CT molecular complexity index is 55.8. The Morgan fingerprint density at radius 1 is 1.80 bits per heavy atom. The Balaban J connectivity index is 2.81. The average Bonchev–Trinajstić information content (AvgIpc) is 1.41. The summed E-state index contributed by atoms with van der Waals surface area (Å²) in [5.74, 6) is 2.92. The maximum Gasteiger partial charge on any atom is 0.0906 e. The summed E-state index contributed by atoms with van der Waals surface area (Å²) in [5, 5.41) is 0. The zero-order chi connectivity index (χ0) is 4.12. The van der Waals surface area contributed by atoms with Gasteiger partial charge in [0.2, 0.25) is 0 Å². The van der Waals surface area contributed by atoms with E-state index >= 15 is 0 Å². The van der Waals surface area contributed by atoms with Gasteiger partial charge in [0.05, 0.1) is 10.2 Å². The molecule has 0 aromatic heterocycles. The van der Waals surface area contributed by atoms with Crippen molar-refractivity contribution in [2.75, 3.05) is 0 Å². The second-order valence-corrected chi connectivity index (χ2v) is 1.28. The maximum absolute atomic E-state index is 2.92. The first-order valence-electron chi connectivity index (χ1n) is 1.81. The van der Waals surface area contributed by atoms with Crippen LogP contribution in [0.5, 0.6) is 0 Å². The smallest absolute Gasteiger partial charge is 0.0906 e.